The molecule has 4 heteroatoms. The van der Waals surface area contributed by atoms with Gasteiger partial charge in [-0.2, -0.15) is 0 Å². The minimum absolute atomic E-state index is 0.191. The first-order chi connectivity index (χ1) is 12.7. The van der Waals surface area contributed by atoms with Gasteiger partial charge < -0.3 is 5.32 Å². The lowest BCUT2D eigenvalue weighted by Gasteiger charge is -2.25. The summed E-state index contributed by atoms with van der Waals surface area (Å²) in [6.07, 6.45) is 0.508. The van der Waals surface area contributed by atoms with E-state index in [1.165, 1.54) is 4.90 Å². The first-order valence-corrected chi connectivity index (χ1v) is 8.82. The van der Waals surface area contributed by atoms with E-state index in [1.54, 1.807) is 0 Å². The van der Waals surface area contributed by atoms with E-state index >= 15 is 0 Å². The Morgan fingerprint density at radius 2 is 1.58 bits per heavy atom. The number of hydrogen-bond acceptors (Lipinski definition) is 2. The summed E-state index contributed by atoms with van der Waals surface area (Å²) in [6, 6.07) is 23.1. The van der Waals surface area contributed by atoms with Crippen LogP contribution in [0.25, 0.3) is 10.8 Å². The lowest BCUT2D eigenvalue weighted by Crippen LogP contribution is -2.43. The molecule has 1 aliphatic rings. The molecule has 0 unspecified atom stereocenters. The molecule has 26 heavy (non-hydrogen) atoms. The number of amides is 3. The summed E-state index contributed by atoms with van der Waals surface area (Å²) < 4.78 is 0. The van der Waals surface area contributed by atoms with Crippen molar-refractivity contribution in [3.05, 3.63) is 83.9 Å². The second kappa shape index (κ2) is 6.30. The van der Waals surface area contributed by atoms with Crippen LogP contribution in [0.1, 0.15) is 24.5 Å². The molecule has 0 saturated carbocycles. The van der Waals surface area contributed by atoms with Crippen LogP contribution >= 0.6 is 0 Å². The molecule has 0 aliphatic carbocycles. The number of nitrogens with one attached hydrogen (secondary N) is 1. The molecule has 3 aromatic carbocycles. The maximum Gasteiger partial charge on any atom is 0.325 e. The third kappa shape index (κ3) is 2.46. The summed E-state index contributed by atoms with van der Waals surface area (Å²) in [4.78, 5) is 27.3. The molecule has 1 fully saturated rings. The van der Waals surface area contributed by atoms with Crippen LogP contribution in [0.3, 0.4) is 0 Å². The van der Waals surface area contributed by atoms with Crippen molar-refractivity contribution in [3.8, 4) is 0 Å². The topological polar surface area (TPSA) is 49.4 Å². The second-order valence-electron chi connectivity index (χ2n) is 6.58. The number of fused-ring (bicyclic) bond motifs is 1. The molecule has 0 radical (unpaired) electrons. The highest BCUT2D eigenvalue weighted by molar-refractivity contribution is 6.07. The van der Waals surface area contributed by atoms with E-state index < -0.39 is 5.54 Å². The summed E-state index contributed by atoms with van der Waals surface area (Å²) in [5.41, 5.74) is 0.802. The van der Waals surface area contributed by atoms with Gasteiger partial charge in [-0.15, -0.1) is 0 Å². The summed E-state index contributed by atoms with van der Waals surface area (Å²) in [5.74, 6) is -0.191. The van der Waals surface area contributed by atoms with Gasteiger partial charge in [-0.1, -0.05) is 79.7 Å². The molecular formula is C22H20N2O2. The zero-order valence-corrected chi connectivity index (χ0v) is 14.6. The molecule has 4 nitrogen and oxygen atoms in total. The second-order valence-corrected chi connectivity index (χ2v) is 6.58. The van der Waals surface area contributed by atoms with E-state index in [1.807, 2.05) is 79.7 Å². The molecule has 1 atom stereocenters. The highest BCUT2D eigenvalue weighted by Crippen LogP contribution is 2.33. The van der Waals surface area contributed by atoms with Crippen LogP contribution in [-0.4, -0.2) is 16.8 Å². The summed E-state index contributed by atoms with van der Waals surface area (Å²) in [7, 11) is 0. The van der Waals surface area contributed by atoms with E-state index in [0.29, 0.717) is 6.42 Å². The van der Waals surface area contributed by atoms with Crippen LogP contribution in [0.4, 0.5) is 4.79 Å². The van der Waals surface area contributed by atoms with Crippen molar-refractivity contribution >= 4 is 22.7 Å². The number of hydrogen-bond donors (Lipinski definition) is 1. The van der Waals surface area contributed by atoms with Gasteiger partial charge in [0, 0.05) is 0 Å². The summed E-state index contributed by atoms with van der Waals surface area (Å²) in [5, 5.41) is 5.10. The normalized spacial score (nSPS) is 19.8. The third-order valence-electron chi connectivity index (χ3n) is 5.18. The van der Waals surface area contributed by atoms with Crippen molar-refractivity contribution in [3.63, 3.8) is 0 Å². The Hall–Kier alpha value is -3.14. The standard InChI is InChI=1S/C22H20N2O2/c1-2-22(18-12-4-3-5-13-18)20(25)24(21(26)23-22)15-17-11-8-10-16-9-6-7-14-19(16)17/h3-14H,2,15H2,1H3,(H,23,26)/t22-/m0/s1. The van der Waals surface area contributed by atoms with Crippen molar-refractivity contribution < 1.29 is 9.59 Å². The Balaban J connectivity index is 1.72. The predicted octanol–water partition coefficient (Wildman–Crippen LogP) is 4.20. The predicted molar refractivity (Wildman–Crippen MR) is 101 cm³/mol. The average Bonchev–Trinajstić information content (AvgIpc) is 2.94. The van der Waals surface area contributed by atoms with Crippen molar-refractivity contribution in [1.82, 2.24) is 10.2 Å². The van der Waals surface area contributed by atoms with Crippen molar-refractivity contribution in [2.75, 3.05) is 0 Å². The molecule has 0 aromatic heterocycles. The number of carbonyl (C=O) groups excluding carboxylic acids is 2. The van der Waals surface area contributed by atoms with Gasteiger partial charge in [0.1, 0.15) is 5.54 Å². The molecule has 1 N–H and O–H groups in total. The van der Waals surface area contributed by atoms with E-state index in [4.69, 9.17) is 0 Å². The Bertz CT molecular complexity index is 978. The molecule has 0 bridgehead atoms. The van der Waals surface area contributed by atoms with Crippen molar-refractivity contribution in [2.24, 2.45) is 0 Å². The maximum absolute atomic E-state index is 13.3. The molecule has 1 aliphatic heterocycles. The van der Waals surface area contributed by atoms with Crippen LogP contribution < -0.4 is 5.32 Å². The number of benzene rings is 3. The van der Waals surface area contributed by atoms with Crippen LogP contribution in [0.2, 0.25) is 0 Å². The van der Waals surface area contributed by atoms with Gasteiger partial charge in [0.2, 0.25) is 0 Å². The monoisotopic (exact) mass is 344 g/mol. The summed E-state index contributed by atoms with van der Waals surface area (Å²) >= 11 is 0. The fourth-order valence-electron chi connectivity index (χ4n) is 3.73. The Morgan fingerprint density at radius 3 is 2.35 bits per heavy atom. The number of imide groups is 1. The van der Waals surface area contributed by atoms with Crippen LogP contribution in [0.15, 0.2) is 72.8 Å². The van der Waals surface area contributed by atoms with Crippen molar-refractivity contribution in [1.29, 1.82) is 0 Å². The van der Waals surface area contributed by atoms with E-state index in [2.05, 4.69) is 5.32 Å². The molecule has 4 rings (SSSR count). The third-order valence-corrected chi connectivity index (χ3v) is 5.18. The molecule has 1 heterocycles. The molecule has 3 aromatic rings. The van der Waals surface area contributed by atoms with E-state index in [-0.39, 0.29) is 18.5 Å². The number of carbonyl (C=O) groups is 2. The van der Waals surface area contributed by atoms with Gasteiger partial charge in [0.25, 0.3) is 5.91 Å². The van der Waals surface area contributed by atoms with Gasteiger partial charge in [-0.05, 0) is 28.3 Å². The molecule has 130 valence electrons. The quantitative estimate of drug-likeness (QED) is 0.721. The minimum Gasteiger partial charge on any atom is -0.319 e. The SMILES string of the molecule is CC[C@@]1(c2ccccc2)NC(=O)N(Cc2cccc3ccccc23)C1=O. The molecular weight excluding hydrogens is 324 g/mol. The number of nitrogens with zero attached hydrogens (tertiary/aromatic N) is 1. The number of rotatable bonds is 4. The van der Waals surface area contributed by atoms with Crippen LogP contribution in [0.5, 0.6) is 0 Å². The van der Waals surface area contributed by atoms with E-state index in [9.17, 15) is 9.59 Å². The maximum atomic E-state index is 13.3. The lowest BCUT2D eigenvalue weighted by molar-refractivity contribution is -0.132. The Morgan fingerprint density at radius 1 is 0.885 bits per heavy atom. The minimum atomic E-state index is -0.983. The highest BCUT2D eigenvalue weighted by atomic mass is 16.2. The fraction of sp³-hybridized carbons (Fsp3) is 0.182. The zero-order valence-electron chi connectivity index (χ0n) is 14.6. The molecule has 3 amide bonds. The largest absolute Gasteiger partial charge is 0.325 e. The van der Waals surface area contributed by atoms with Crippen LogP contribution in [0, 0.1) is 0 Å². The number of urea groups is 1. The van der Waals surface area contributed by atoms with E-state index in [0.717, 1.165) is 21.9 Å². The molecule has 0 spiro atoms. The Kier molecular flexibility index (Phi) is 3.96. The van der Waals surface area contributed by atoms with Gasteiger partial charge in [-0.3, -0.25) is 9.69 Å². The lowest BCUT2D eigenvalue weighted by atomic mass is 9.87. The van der Waals surface area contributed by atoms with Gasteiger partial charge in [-0.25, -0.2) is 4.79 Å². The Labute approximate surface area is 152 Å². The van der Waals surface area contributed by atoms with Gasteiger partial charge >= 0.3 is 6.03 Å². The van der Waals surface area contributed by atoms with Crippen LogP contribution in [-0.2, 0) is 16.9 Å². The highest BCUT2D eigenvalue weighted by Gasteiger charge is 2.51. The smallest absolute Gasteiger partial charge is 0.319 e. The first kappa shape index (κ1) is 16.3. The van der Waals surface area contributed by atoms with Gasteiger partial charge in [0.05, 0.1) is 6.54 Å². The van der Waals surface area contributed by atoms with Crippen molar-refractivity contribution in [2.45, 2.75) is 25.4 Å². The van der Waals surface area contributed by atoms with Gasteiger partial charge in [0.15, 0.2) is 0 Å². The summed E-state index contributed by atoms with van der Waals surface area (Å²) in [6.45, 7) is 2.19. The average molecular weight is 344 g/mol. The first-order valence-electron chi connectivity index (χ1n) is 8.82. The zero-order chi connectivity index (χ0) is 18.1. The molecule has 1 saturated heterocycles. The fourth-order valence-corrected chi connectivity index (χ4v) is 3.73.